The molecule has 1 spiro atoms. The second kappa shape index (κ2) is 14.5. The van der Waals surface area contributed by atoms with Gasteiger partial charge in [0.25, 0.3) is 0 Å². The van der Waals surface area contributed by atoms with Crippen LogP contribution in [-0.4, -0.2) is 55.5 Å². The van der Waals surface area contributed by atoms with Crippen molar-refractivity contribution < 1.29 is 19.1 Å². The van der Waals surface area contributed by atoms with Gasteiger partial charge in [0.2, 0.25) is 17.7 Å². The first-order valence-electron chi connectivity index (χ1n) is 14.1. The second-order valence-corrected chi connectivity index (χ2v) is 10.3. The molecule has 39 heavy (non-hydrogen) atoms. The van der Waals surface area contributed by atoms with Gasteiger partial charge in [-0.1, -0.05) is 73.5 Å². The average Bonchev–Trinajstić information content (AvgIpc) is 3.43. The molecule has 2 aromatic rings. The van der Waals surface area contributed by atoms with Crippen LogP contribution >= 0.6 is 0 Å². The number of carbonyl (C=O) groups is 3. The number of hydrogen-bond acceptors (Lipinski definition) is 5. The highest BCUT2D eigenvalue weighted by Gasteiger charge is 2.40. The molecule has 1 aliphatic carbocycles. The minimum atomic E-state index is -0.675. The van der Waals surface area contributed by atoms with E-state index in [4.69, 9.17) is 4.74 Å². The fraction of sp³-hybridized carbons (Fsp3) is 0.452. The van der Waals surface area contributed by atoms with Gasteiger partial charge in [0, 0.05) is 38.0 Å². The SMILES string of the molecule is O=C1CCCCNC(=O)C2(CCCC2)NCCOc2ccccc2/C=C/CNC(=O)[C@H](Cc2ccccc2)N1. The molecule has 4 rings (SSSR count). The number of benzene rings is 2. The Hall–Kier alpha value is -3.65. The lowest BCUT2D eigenvalue weighted by Gasteiger charge is -2.29. The summed E-state index contributed by atoms with van der Waals surface area (Å²) in [4.78, 5) is 38.9. The van der Waals surface area contributed by atoms with E-state index < -0.39 is 11.6 Å². The van der Waals surface area contributed by atoms with Crippen molar-refractivity contribution in [1.82, 2.24) is 21.3 Å². The maximum atomic E-state index is 13.1. The largest absolute Gasteiger partial charge is 0.492 e. The van der Waals surface area contributed by atoms with E-state index >= 15 is 0 Å². The van der Waals surface area contributed by atoms with Crippen molar-refractivity contribution >= 4 is 23.8 Å². The van der Waals surface area contributed by atoms with E-state index in [9.17, 15) is 14.4 Å². The first kappa shape index (κ1) is 28.4. The van der Waals surface area contributed by atoms with Crippen LogP contribution in [-0.2, 0) is 20.8 Å². The van der Waals surface area contributed by atoms with Crippen molar-refractivity contribution in [3.8, 4) is 5.75 Å². The highest BCUT2D eigenvalue weighted by atomic mass is 16.5. The number of amides is 3. The van der Waals surface area contributed by atoms with Crippen LogP contribution in [0, 0.1) is 0 Å². The summed E-state index contributed by atoms with van der Waals surface area (Å²) in [6, 6.07) is 16.7. The number of fused-ring (bicyclic) bond motifs is 1. The highest BCUT2D eigenvalue weighted by molar-refractivity contribution is 5.88. The molecule has 1 saturated carbocycles. The summed E-state index contributed by atoms with van der Waals surface area (Å²) in [7, 11) is 0. The molecule has 0 aromatic heterocycles. The summed E-state index contributed by atoms with van der Waals surface area (Å²) < 4.78 is 6.06. The Morgan fingerprint density at radius 3 is 2.44 bits per heavy atom. The van der Waals surface area contributed by atoms with Crippen molar-refractivity contribution in [2.75, 3.05) is 26.2 Å². The molecule has 0 bridgehead atoms. The lowest BCUT2D eigenvalue weighted by atomic mass is 9.96. The first-order valence-corrected chi connectivity index (χ1v) is 14.1. The molecule has 0 saturated heterocycles. The number of para-hydroxylation sites is 1. The topological polar surface area (TPSA) is 109 Å². The monoisotopic (exact) mass is 532 g/mol. The minimum absolute atomic E-state index is 0.0262. The molecule has 2 aliphatic rings. The molecule has 1 heterocycles. The minimum Gasteiger partial charge on any atom is -0.492 e. The van der Waals surface area contributed by atoms with Gasteiger partial charge in [-0.3, -0.25) is 19.7 Å². The Bertz CT molecular complexity index is 1130. The van der Waals surface area contributed by atoms with Crippen LogP contribution in [0.1, 0.15) is 56.1 Å². The van der Waals surface area contributed by atoms with Gasteiger partial charge in [-0.15, -0.1) is 0 Å². The molecule has 3 amide bonds. The van der Waals surface area contributed by atoms with Crippen molar-refractivity contribution in [2.45, 2.75) is 62.9 Å². The predicted octanol–water partition coefficient (Wildman–Crippen LogP) is 3.12. The van der Waals surface area contributed by atoms with Gasteiger partial charge < -0.3 is 20.7 Å². The third-order valence-electron chi connectivity index (χ3n) is 7.38. The first-order chi connectivity index (χ1) is 19.1. The summed E-state index contributed by atoms with van der Waals surface area (Å²) in [5, 5.41) is 12.4. The molecule has 2 aromatic carbocycles. The van der Waals surface area contributed by atoms with E-state index in [0.29, 0.717) is 51.9 Å². The van der Waals surface area contributed by atoms with E-state index in [1.165, 1.54) is 0 Å². The summed E-state index contributed by atoms with van der Waals surface area (Å²) in [5.41, 5.74) is 1.32. The predicted molar refractivity (Wildman–Crippen MR) is 152 cm³/mol. The number of nitrogens with one attached hydrogen (secondary N) is 4. The number of hydrogen-bond donors (Lipinski definition) is 4. The third kappa shape index (κ3) is 8.42. The number of carbonyl (C=O) groups excluding carboxylic acids is 3. The van der Waals surface area contributed by atoms with Crippen LogP contribution in [0.4, 0.5) is 0 Å². The van der Waals surface area contributed by atoms with Gasteiger partial charge in [-0.05, 0) is 37.3 Å². The van der Waals surface area contributed by atoms with Crippen LogP contribution in [0.5, 0.6) is 5.75 Å². The molecule has 1 aliphatic heterocycles. The maximum Gasteiger partial charge on any atom is 0.243 e. The van der Waals surface area contributed by atoms with Crippen LogP contribution < -0.4 is 26.0 Å². The fourth-order valence-corrected chi connectivity index (χ4v) is 5.24. The van der Waals surface area contributed by atoms with Crippen LogP contribution in [0.15, 0.2) is 60.7 Å². The van der Waals surface area contributed by atoms with Gasteiger partial charge in [0.15, 0.2) is 0 Å². The zero-order valence-electron chi connectivity index (χ0n) is 22.5. The fourth-order valence-electron chi connectivity index (χ4n) is 5.24. The van der Waals surface area contributed by atoms with Crippen LogP contribution in [0.3, 0.4) is 0 Å². The van der Waals surface area contributed by atoms with E-state index in [1.54, 1.807) is 0 Å². The lowest BCUT2D eigenvalue weighted by Crippen LogP contribution is -2.56. The maximum absolute atomic E-state index is 13.1. The third-order valence-corrected chi connectivity index (χ3v) is 7.38. The van der Waals surface area contributed by atoms with Gasteiger partial charge >= 0.3 is 0 Å². The number of rotatable bonds is 2. The zero-order chi connectivity index (χ0) is 27.3. The molecule has 0 radical (unpaired) electrons. The molecule has 208 valence electrons. The number of ether oxygens (including phenoxy) is 1. The summed E-state index contributed by atoms with van der Waals surface area (Å²) in [5.74, 6) is 0.372. The zero-order valence-corrected chi connectivity index (χ0v) is 22.5. The van der Waals surface area contributed by atoms with E-state index in [0.717, 1.165) is 42.6 Å². The standard InChI is InChI=1S/C31H40N4O4/c36-28-16-6-9-19-33-30(38)31(17-7-8-18-31)34-21-22-39-27-15-5-4-13-25(27)14-10-20-32-29(37)26(35-28)23-24-11-2-1-3-12-24/h1-5,10-15,26,34H,6-9,16-23H2,(H,32,37)(H,33,38)(H,35,36)/b14-10+/t26-/m0/s1. The smallest absolute Gasteiger partial charge is 0.243 e. The second-order valence-electron chi connectivity index (χ2n) is 10.3. The summed E-state index contributed by atoms with van der Waals surface area (Å²) >= 11 is 0. The van der Waals surface area contributed by atoms with Crippen LogP contribution in [0.2, 0.25) is 0 Å². The van der Waals surface area contributed by atoms with Crippen molar-refractivity contribution in [3.63, 3.8) is 0 Å². The van der Waals surface area contributed by atoms with Crippen LogP contribution in [0.25, 0.3) is 6.08 Å². The van der Waals surface area contributed by atoms with E-state index in [2.05, 4.69) is 21.3 Å². The Balaban J connectivity index is 1.46. The molecule has 4 N–H and O–H groups in total. The Kier molecular flexibility index (Phi) is 10.5. The summed E-state index contributed by atoms with van der Waals surface area (Å²) in [6.07, 6.45) is 9.47. The van der Waals surface area contributed by atoms with Gasteiger partial charge in [0.05, 0.1) is 5.54 Å². The molecule has 8 nitrogen and oxygen atoms in total. The van der Waals surface area contributed by atoms with E-state index in [-0.39, 0.29) is 17.7 Å². The average molecular weight is 533 g/mol. The molecular weight excluding hydrogens is 492 g/mol. The molecule has 0 unspecified atom stereocenters. The molecule has 1 fully saturated rings. The lowest BCUT2D eigenvalue weighted by molar-refractivity contribution is -0.129. The summed E-state index contributed by atoms with van der Waals surface area (Å²) in [6.45, 7) is 1.83. The van der Waals surface area contributed by atoms with Crippen molar-refractivity contribution in [1.29, 1.82) is 0 Å². The molecule has 1 atom stereocenters. The Morgan fingerprint density at radius 2 is 1.62 bits per heavy atom. The highest BCUT2D eigenvalue weighted by Crippen LogP contribution is 2.30. The van der Waals surface area contributed by atoms with E-state index in [1.807, 2.05) is 66.7 Å². The van der Waals surface area contributed by atoms with Gasteiger partial charge in [-0.2, -0.15) is 0 Å². The van der Waals surface area contributed by atoms with Gasteiger partial charge in [0.1, 0.15) is 18.4 Å². The normalized spacial score (nSPS) is 22.4. The van der Waals surface area contributed by atoms with Crippen molar-refractivity contribution in [3.05, 3.63) is 71.8 Å². The quantitative estimate of drug-likeness (QED) is 0.475. The molecular formula is C31H40N4O4. The van der Waals surface area contributed by atoms with Gasteiger partial charge in [-0.25, -0.2) is 0 Å². The van der Waals surface area contributed by atoms with Crippen molar-refractivity contribution in [2.24, 2.45) is 0 Å². The Labute approximate surface area is 231 Å². The Morgan fingerprint density at radius 1 is 0.846 bits per heavy atom. The molecule has 8 heteroatoms.